The van der Waals surface area contributed by atoms with Crippen molar-refractivity contribution in [2.24, 2.45) is 5.92 Å². The summed E-state index contributed by atoms with van der Waals surface area (Å²) in [6, 6.07) is 19.8. The van der Waals surface area contributed by atoms with Gasteiger partial charge in [-0.05, 0) is 60.2 Å². The maximum absolute atomic E-state index is 13.0. The Balaban J connectivity index is 1.76. The van der Waals surface area contributed by atoms with Crippen molar-refractivity contribution in [1.29, 1.82) is 0 Å². The van der Waals surface area contributed by atoms with Gasteiger partial charge in [0.1, 0.15) is 0 Å². The molecular formula is C29H32ClN3O. The standard InChI is InChI=1S/C29H32ClN3O/c1-4-9-27-25(16-20(2)3)24-14-13-21(29(34)32-18-23-11-7-8-15-31-23)17-28(24)33(27)19-22-10-5-6-12-26(22)30/h5-8,10-15,17,20H,4,9,16,18-19H2,1-3H3,(H,32,34). The number of carbonyl (C=O) groups is 1. The molecule has 0 fully saturated rings. The summed E-state index contributed by atoms with van der Waals surface area (Å²) in [7, 11) is 0. The summed E-state index contributed by atoms with van der Waals surface area (Å²) in [5, 5.41) is 5.00. The molecule has 0 spiro atoms. The average molecular weight is 474 g/mol. The Morgan fingerprint density at radius 3 is 2.59 bits per heavy atom. The smallest absolute Gasteiger partial charge is 0.251 e. The summed E-state index contributed by atoms with van der Waals surface area (Å²) >= 11 is 6.54. The second-order valence-electron chi connectivity index (χ2n) is 9.19. The Morgan fingerprint density at radius 1 is 1.09 bits per heavy atom. The normalized spacial score (nSPS) is 11.3. The fourth-order valence-corrected chi connectivity index (χ4v) is 4.72. The van der Waals surface area contributed by atoms with Crippen molar-refractivity contribution in [1.82, 2.24) is 14.9 Å². The Labute approximate surface area is 207 Å². The number of hydrogen-bond acceptors (Lipinski definition) is 2. The minimum atomic E-state index is -0.0968. The summed E-state index contributed by atoms with van der Waals surface area (Å²) in [6.45, 7) is 7.81. The first-order valence-corrected chi connectivity index (χ1v) is 12.4. The fraction of sp³-hybridized carbons (Fsp3) is 0.310. The second kappa shape index (κ2) is 10.9. The predicted octanol–water partition coefficient (Wildman–Crippen LogP) is 6.82. The average Bonchev–Trinajstić information content (AvgIpc) is 3.11. The molecule has 1 amide bonds. The van der Waals surface area contributed by atoms with Crippen LogP contribution in [0.1, 0.15) is 60.1 Å². The highest BCUT2D eigenvalue weighted by molar-refractivity contribution is 6.31. The van der Waals surface area contributed by atoms with Gasteiger partial charge in [-0.2, -0.15) is 0 Å². The number of aromatic nitrogens is 2. The maximum Gasteiger partial charge on any atom is 0.251 e. The van der Waals surface area contributed by atoms with Crippen molar-refractivity contribution in [3.8, 4) is 0 Å². The van der Waals surface area contributed by atoms with E-state index in [0.29, 0.717) is 24.6 Å². The van der Waals surface area contributed by atoms with Gasteiger partial charge in [0.25, 0.3) is 5.91 Å². The number of benzene rings is 2. The van der Waals surface area contributed by atoms with Crippen LogP contribution < -0.4 is 5.32 Å². The van der Waals surface area contributed by atoms with Gasteiger partial charge in [-0.1, -0.05) is 69.1 Å². The molecule has 0 aliphatic heterocycles. The Hall–Kier alpha value is -3.11. The van der Waals surface area contributed by atoms with Gasteiger partial charge in [0.05, 0.1) is 12.2 Å². The number of nitrogens with one attached hydrogen (secondary N) is 1. The topological polar surface area (TPSA) is 46.9 Å². The lowest BCUT2D eigenvalue weighted by atomic mass is 9.97. The third kappa shape index (κ3) is 5.34. The maximum atomic E-state index is 13.0. The van der Waals surface area contributed by atoms with Crippen molar-refractivity contribution in [2.45, 2.75) is 53.1 Å². The molecule has 4 aromatic rings. The lowest BCUT2D eigenvalue weighted by Gasteiger charge is -2.14. The predicted molar refractivity (Wildman–Crippen MR) is 140 cm³/mol. The molecule has 0 saturated carbocycles. The lowest BCUT2D eigenvalue weighted by Crippen LogP contribution is -2.23. The molecule has 176 valence electrons. The van der Waals surface area contributed by atoms with Crippen molar-refractivity contribution >= 4 is 28.4 Å². The number of pyridine rings is 1. The van der Waals surface area contributed by atoms with E-state index in [2.05, 4.69) is 47.8 Å². The van der Waals surface area contributed by atoms with Gasteiger partial charge in [-0.3, -0.25) is 9.78 Å². The number of nitrogens with zero attached hydrogens (tertiary/aromatic N) is 2. The molecule has 1 N–H and O–H groups in total. The molecule has 2 heterocycles. The minimum Gasteiger partial charge on any atom is -0.346 e. The number of hydrogen-bond donors (Lipinski definition) is 1. The number of carbonyl (C=O) groups excluding carboxylic acids is 1. The van der Waals surface area contributed by atoms with Crippen molar-refractivity contribution in [3.05, 3.63) is 100.0 Å². The Kier molecular flexibility index (Phi) is 7.69. The van der Waals surface area contributed by atoms with Crippen molar-refractivity contribution in [2.75, 3.05) is 0 Å². The van der Waals surface area contributed by atoms with E-state index in [4.69, 9.17) is 11.6 Å². The zero-order valence-electron chi connectivity index (χ0n) is 20.1. The Morgan fingerprint density at radius 2 is 1.88 bits per heavy atom. The summed E-state index contributed by atoms with van der Waals surface area (Å²) in [4.78, 5) is 17.3. The monoisotopic (exact) mass is 473 g/mol. The molecule has 0 unspecified atom stereocenters. The molecule has 0 atom stereocenters. The molecule has 4 rings (SSSR count). The van der Waals surface area contributed by atoms with Crippen LogP contribution >= 0.6 is 11.6 Å². The van der Waals surface area contributed by atoms with E-state index in [0.717, 1.165) is 41.1 Å². The van der Waals surface area contributed by atoms with Gasteiger partial charge >= 0.3 is 0 Å². The largest absolute Gasteiger partial charge is 0.346 e. The van der Waals surface area contributed by atoms with Crippen LogP contribution in [0.5, 0.6) is 0 Å². The third-order valence-electron chi connectivity index (χ3n) is 6.09. The van der Waals surface area contributed by atoms with Crippen LogP contribution in [0.25, 0.3) is 10.9 Å². The van der Waals surface area contributed by atoms with E-state index in [1.54, 1.807) is 6.20 Å². The van der Waals surface area contributed by atoms with Gasteiger partial charge in [0.15, 0.2) is 0 Å². The zero-order chi connectivity index (χ0) is 24.1. The summed E-state index contributed by atoms with van der Waals surface area (Å²) in [5.41, 5.74) is 6.39. The van der Waals surface area contributed by atoms with E-state index in [1.807, 2.05) is 48.5 Å². The molecule has 2 aromatic carbocycles. The van der Waals surface area contributed by atoms with E-state index < -0.39 is 0 Å². The van der Waals surface area contributed by atoms with Crippen molar-refractivity contribution < 1.29 is 4.79 Å². The zero-order valence-corrected chi connectivity index (χ0v) is 20.9. The summed E-state index contributed by atoms with van der Waals surface area (Å²) < 4.78 is 2.37. The molecule has 34 heavy (non-hydrogen) atoms. The van der Waals surface area contributed by atoms with E-state index >= 15 is 0 Å². The SMILES string of the molecule is CCCc1c(CC(C)C)c2ccc(C(=O)NCc3ccccn3)cc2n1Cc1ccccc1Cl. The number of rotatable bonds is 9. The highest BCUT2D eigenvalue weighted by Crippen LogP contribution is 2.32. The highest BCUT2D eigenvalue weighted by atomic mass is 35.5. The van der Waals surface area contributed by atoms with E-state index in [1.165, 1.54) is 16.6 Å². The third-order valence-corrected chi connectivity index (χ3v) is 6.46. The first-order chi connectivity index (χ1) is 16.5. The van der Waals surface area contributed by atoms with Crippen LogP contribution in [0.2, 0.25) is 5.02 Å². The first kappa shape index (κ1) is 24.0. The number of amides is 1. The molecule has 5 heteroatoms. The minimum absolute atomic E-state index is 0.0968. The molecule has 0 aliphatic rings. The Bertz CT molecular complexity index is 1280. The van der Waals surface area contributed by atoms with Crippen LogP contribution in [0.4, 0.5) is 0 Å². The molecule has 0 radical (unpaired) electrons. The van der Waals surface area contributed by atoms with Crippen LogP contribution in [-0.2, 0) is 25.9 Å². The van der Waals surface area contributed by atoms with Crippen molar-refractivity contribution in [3.63, 3.8) is 0 Å². The van der Waals surface area contributed by atoms with Gasteiger partial charge < -0.3 is 9.88 Å². The summed E-state index contributed by atoms with van der Waals surface area (Å²) in [6.07, 6.45) is 4.79. The number of fused-ring (bicyclic) bond motifs is 1. The van der Waals surface area contributed by atoms with Gasteiger partial charge in [0.2, 0.25) is 0 Å². The van der Waals surface area contributed by atoms with Crippen LogP contribution in [0.15, 0.2) is 66.9 Å². The van der Waals surface area contributed by atoms with Crippen LogP contribution in [0, 0.1) is 5.92 Å². The van der Waals surface area contributed by atoms with Gasteiger partial charge in [-0.25, -0.2) is 0 Å². The molecule has 0 aliphatic carbocycles. The van der Waals surface area contributed by atoms with E-state index in [9.17, 15) is 4.79 Å². The second-order valence-corrected chi connectivity index (χ2v) is 9.59. The van der Waals surface area contributed by atoms with E-state index in [-0.39, 0.29) is 5.91 Å². The fourth-order valence-electron chi connectivity index (χ4n) is 4.53. The summed E-state index contributed by atoms with van der Waals surface area (Å²) in [5.74, 6) is 0.441. The quantitative estimate of drug-likeness (QED) is 0.290. The molecule has 0 bridgehead atoms. The molecule has 0 saturated heterocycles. The first-order valence-electron chi connectivity index (χ1n) is 12.0. The van der Waals surface area contributed by atoms with Crippen LogP contribution in [0.3, 0.4) is 0 Å². The lowest BCUT2D eigenvalue weighted by molar-refractivity contribution is 0.0950. The van der Waals surface area contributed by atoms with Gasteiger partial charge in [0, 0.05) is 39.9 Å². The highest BCUT2D eigenvalue weighted by Gasteiger charge is 2.20. The molecular weight excluding hydrogens is 442 g/mol. The molecule has 2 aromatic heterocycles. The number of halogens is 1. The van der Waals surface area contributed by atoms with Crippen LogP contribution in [-0.4, -0.2) is 15.5 Å². The molecule has 4 nitrogen and oxygen atoms in total. The van der Waals surface area contributed by atoms with Gasteiger partial charge in [-0.15, -0.1) is 0 Å².